The molecular formula is C11H15FN2S. The standard InChI is InChI=1S/C11H15FN2S/c12-9-3-10(13)5-11(4-9)14-6-8-1-2-15-7-8/h3-5,8,14H,1-2,6-7,13H2. The van der Waals surface area contributed by atoms with Crippen LogP contribution in [0.1, 0.15) is 6.42 Å². The van der Waals surface area contributed by atoms with Crippen molar-refractivity contribution in [3.8, 4) is 0 Å². The Balaban J connectivity index is 1.92. The van der Waals surface area contributed by atoms with Crippen molar-refractivity contribution >= 4 is 23.1 Å². The smallest absolute Gasteiger partial charge is 0.127 e. The van der Waals surface area contributed by atoms with Crippen LogP contribution in [-0.4, -0.2) is 18.1 Å². The minimum absolute atomic E-state index is 0.279. The lowest BCUT2D eigenvalue weighted by atomic mass is 10.1. The molecule has 0 aromatic heterocycles. The van der Waals surface area contributed by atoms with Crippen molar-refractivity contribution in [1.29, 1.82) is 0 Å². The summed E-state index contributed by atoms with van der Waals surface area (Å²) in [5.74, 6) is 2.88. The van der Waals surface area contributed by atoms with E-state index < -0.39 is 0 Å². The van der Waals surface area contributed by atoms with Gasteiger partial charge in [0.05, 0.1) is 0 Å². The molecule has 0 spiro atoms. The molecule has 1 unspecified atom stereocenters. The van der Waals surface area contributed by atoms with Crippen molar-refractivity contribution < 1.29 is 4.39 Å². The zero-order valence-electron chi connectivity index (χ0n) is 8.50. The van der Waals surface area contributed by atoms with E-state index in [1.165, 1.54) is 30.1 Å². The maximum Gasteiger partial charge on any atom is 0.127 e. The Bertz CT molecular complexity index is 317. The van der Waals surface area contributed by atoms with Crippen molar-refractivity contribution in [3.63, 3.8) is 0 Å². The summed E-state index contributed by atoms with van der Waals surface area (Å²) in [6, 6.07) is 4.58. The molecule has 1 aromatic rings. The van der Waals surface area contributed by atoms with E-state index in [9.17, 15) is 4.39 Å². The number of nitrogen functional groups attached to an aromatic ring is 1. The first-order valence-corrected chi connectivity index (χ1v) is 6.27. The zero-order valence-corrected chi connectivity index (χ0v) is 9.32. The van der Waals surface area contributed by atoms with E-state index in [4.69, 9.17) is 5.73 Å². The highest BCUT2D eigenvalue weighted by Gasteiger charge is 2.14. The molecule has 15 heavy (non-hydrogen) atoms. The summed E-state index contributed by atoms with van der Waals surface area (Å²) in [6.07, 6.45) is 1.25. The first kappa shape index (κ1) is 10.6. The van der Waals surface area contributed by atoms with Gasteiger partial charge in [0.1, 0.15) is 5.82 Å². The van der Waals surface area contributed by atoms with Crippen LogP contribution < -0.4 is 11.1 Å². The van der Waals surface area contributed by atoms with Gasteiger partial charge in [0, 0.05) is 17.9 Å². The maximum absolute atomic E-state index is 13.0. The SMILES string of the molecule is Nc1cc(F)cc(NCC2CCSC2)c1. The summed E-state index contributed by atoms with van der Waals surface area (Å²) in [5.41, 5.74) is 6.81. The van der Waals surface area contributed by atoms with Crippen LogP contribution >= 0.6 is 11.8 Å². The molecule has 1 fully saturated rings. The van der Waals surface area contributed by atoms with Gasteiger partial charge in [0.2, 0.25) is 0 Å². The number of nitrogens with one attached hydrogen (secondary N) is 1. The Morgan fingerprint density at radius 3 is 3.00 bits per heavy atom. The molecular weight excluding hydrogens is 211 g/mol. The van der Waals surface area contributed by atoms with Gasteiger partial charge >= 0.3 is 0 Å². The number of thioether (sulfide) groups is 1. The number of halogens is 1. The fourth-order valence-corrected chi connectivity index (χ4v) is 3.01. The van der Waals surface area contributed by atoms with Gasteiger partial charge < -0.3 is 11.1 Å². The number of rotatable bonds is 3. The third-order valence-electron chi connectivity index (χ3n) is 2.54. The Labute approximate surface area is 93.4 Å². The topological polar surface area (TPSA) is 38.0 Å². The first-order valence-electron chi connectivity index (χ1n) is 5.12. The predicted octanol–water partition coefficient (Wildman–Crippen LogP) is 2.57. The van der Waals surface area contributed by atoms with Crippen molar-refractivity contribution in [2.45, 2.75) is 6.42 Å². The van der Waals surface area contributed by atoms with Gasteiger partial charge in [-0.05, 0) is 42.0 Å². The molecule has 1 heterocycles. The van der Waals surface area contributed by atoms with Crippen LogP contribution in [0.25, 0.3) is 0 Å². The van der Waals surface area contributed by atoms with Crippen LogP contribution in [0.5, 0.6) is 0 Å². The predicted molar refractivity (Wildman–Crippen MR) is 64.7 cm³/mol. The lowest BCUT2D eigenvalue weighted by molar-refractivity contribution is 0.622. The fourth-order valence-electron chi connectivity index (χ4n) is 1.72. The zero-order chi connectivity index (χ0) is 10.7. The van der Waals surface area contributed by atoms with Gasteiger partial charge in [0.15, 0.2) is 0 Å². The van der Waals surface area contributed by atoms with Crippen LogP contribution in [0.2, 0.25) is 0 Å². The van der Waals surface area contributed by atoms with Crippen molar-refractivity contribution in [3.05, 3.63) is 24.0 Å². The summed E-state index contributed by atoms with van der Waals surface area (Å²) in [4.78, 5) is 0. The van der Waals surface area contributed by atoms with E-state index >= 15 is 0 Å². The largest absolute Gasteiger partial charge is 0.399 e. The molecule has 1 saturated heterocycles. The van der Waals surface area contributed by atoms with E-state index in [-0.39, 0.29) is 5.82 Å². The summed E-state index contributed by atoms with van der Waals surface area (Å²) in [6.45, 7) is 0.913. The van der Waals surface area contributed by atoms with E-state index in [0.717, 1.165) is 12.2 Å². The molecule has 3 N–H and O–H groups in total. The quantitative estimate of drug-likeness (QED) is 0.778. The molecule has 0 saturated carbocycles. The molecule has 0 bridgehead atoms. The molecule has 2 nitrogen and oxygen atoms in total. The van der Waals surface area contributed by atoms with Gasteiger partial charge in [-0.1, -0.05) is 0 Å². The molecule has 0 aliphatic carbocycles. The molecule has 1 atom stereocenters. The summed E-state index contributed by atoms with van der Waals surface area (Å²) >= 11 is 1.98. The lowest BCUT2D eigenvalue weighted by Crippen LogP contribution is -2.13. The van der Waals surface area contributed by atoms with Crippen LogP contribution in [0.4, 0.5) is 15.8 Å². The van der Waals surface area contributed by atoms with Gasteiger partial charge in [-0.3, -0.25) is 0 Å². The summed E-state index contributed by atoms with van der Waals surface area (Å²) < 4.78 is 13.0. The highest BCUT2D eigenvalue weighted by molar-refractivity contribution is 7.99. The van der Waals surface area contributed by atoms with E-state index in [2.05, 4.69) is 5.32 Å². The third kappa shape index (κ3) is 3.02. The first-order chi connectivity index (χ1) is 7.24. The Kier molecular flexibility index (Phi) is 3.36. The number of hydrogen-bond acceptors (Lipinski definition) is 3. The molecule has 1 aliphatic rings. The highest BCUT2D eigenvalue weighted by Crippen LogP contribution is 2.24. The molecule has 1 aliphatic heterocycles. The molecule has 0 amide bonds. The van der Waals surface area contributed by atoms with E-state index in [1.54, 1.807) is 6.07 Å². The second-order valence-corrected chi connectivity index (χ2v) is 5.03. The molecule has 0 radical (unpaired) electrons. The Morgan fingerprint density at radius 1 is 1.47 bits per heavy atom. The Hall–Kier alpha value is -0.900. The van der Waals surface area contributed by atoms with Gasteiger partial charge in [0.25, 0.3) is 0 Å². The van der Waals surface area contributed by atoms with E-state index in [0.29, 0.717) is 11.6 Å². The average Bonchev–Trinajstić information content (AvgIpc) is 2.65. The van der Waals surface area contributed by atoms with Crippen molar-refractivity contribution in [2.75, 3.05) is 29.1 Å². The Morgan fingerprint density at radius 2 is 2.33 bits per heavy atom. The van der Waals surface area contributed by atoms with Gasteiger partial charge in [-0.25, -0.2) is 4.39 Å². The second-order valence-electron chi connectivity index (χ2n) is 3.88. The number of benzene rings is 1. The van der Waals surface area contributed by atoms with Crippen molar-refractivity contribution in [2.24, 2.45) is 5.92 Å². The fraction of sp³-hybridized carbons (Fsp3) is 0.455. The summed E-state index contributed by atoms with van der Waals surface area (Å²) in [7, 11) is 0. The highest BCUT2D eigenvalue weighted by atomic mass is 32.2. The summed E-state index contributed by atoms with van der Waals surface area (Å²) in [5, 5.41) is 3.23. The van der Waals surface area contributed by atoms with Crippen LogP contribution in [0.3, 0.4) is 0 Å². The normalized spacial score (nSPS) is 20.5. The number of anilines is 2. The van der Waals surface area contributed by atoms with Gasteiger partial charge in [-0.2, -0.15) is 11.8 Å². The average molecular weight is 226 g/mol. The molecule has 1 aromatic carbocycles. The number of hydrogen-bond donors (Lipinski definition) is 2. The van der Waals surface area contributed by atoms with Crippen molar-refractivity contribution in [1.82, 2.24) is 0 Å². The van der Waals surface area contributed by atoms with Gasteiger partial charge in [-0.15, -0.1) is 0 Å². The van der Waals surface area contributed by atoms with Crippen LogP contribution in [-0.2, 0) is 0 Å². The monoisotopic (exact) mass is 226 g/mol. The minimum Gasteiger partial charge on any atom is -0.399 e. The molecule has 2 rings (SSSR count). The van der Waals surface area contributed by atoms with Crippen LogP contribution in [0, 0.1) is 11.7 Å². The molecule has 4 heteroatoms. The lowest BCUT2D eigenvalue weighted by Gasteiger charge is -2.11. The van der Waals surface area contributed by atoms with E-state index in [1.807, 2.05) is 11.8 Å². The minimum atomic E-state index is -0.279. The molecule has 82 valence electrons. The second kappa shape index (κ2) is 4.75. The van der Waals surface area contributed by atoms with Crippen LogP contribution in [0.15, 0.2) is 18.2 Å². The number of nitrogens with two attached hydrogens (primary N) is 1. The third-order valence-corrected chi connectivity index (χ3v) is 3.77. The maximum atomic E-state index is 13.0.